The van der Waals surface area contributed by atoms with Gasteiger partial charge < -0.3 is 15.2 Å². The number of aromatic nitrogens is 2. The Balaban J connectivity index is 2.24. The zero-order chi connectivity index (χ0) is 17.9. The minimum absolute atomic E-state index is 0.0216. The quantitative estimate of drug-likeness (QED) is 0.606. The molecule has 1 atom stereocenters. The smallest absolute Gasteiger partial charge is 0.328 e. The molecule has 0 saturated heterocycles. The topological polar surface area (TPSA) is 137 Å². The van der Waals surface area contributed by atoms with Gasteiger partial charge in [-0.25, -0.2) is 4.79 Å². The normalized spacial score (nSPS) is 11.6. The number of nitro benzene ring substituents is 1. The zero-order valence-corrected chi connectivity index (χ0v) is 12.8. The number of hydrogen-bond acceptors (Lipinski definition) is 6. The Morgan fingerprint density at radius 3 is 2.71 bits per heavy atom. The lowest BCUT2D eigenvalue weighted by molar-refractivity contribution is -0.384. The fraction of sp³-hybridized carbons (Fsp3) is 0.214. The Morgan fingerprint density at radius 1 is 1.42 bits per heavy atom. The maximum Gasteiger partial charge on any atom is 0.328 e. The van der Waals surface area contributed by atoms with E-state index in [4.69, 9.17) is 9.84 Å². The number of rotatable bonds is 6. The summed E-state index contributed by atoms with van der Waals surface area (Å²) in [4.78, 5) is 33.5. The van der Waals surface area contributed by atoms with Gasteiger partial charge in [-0.1, -0.05) is 0 Å². The molecule has 10 heteroatoms. The Kier molecular flexibility index (Phi) is 4.78. The van der Waals surface area contributed by atoms with Crippen molar-refractivity contribution in [1.82, 2.24) is 9.78 Å². The summed E-state index contributed by atoms with van der Waals surface area (Å²) in [5.41, 5.74) is -0.416. The number of methoxy groups -OCH3 is 1. The fourth-order valence-electron chi connectivity index (χ4n) is 1.87. The number of carbonyl (C=O) groups excluding carboxylic acids is 1. The van der Waals surface area contributed by atoms with Crippen molar-refractivity contribution < 1.29 is 24.4 Å². The minimum atomic E-state index is -1.10. The van der Waals surface area contributed by atoms with E-state index in [0.717, 1.165) is 4.68 Å². The van der Waals surface area contributed by atoms with Crippen molar-refractivity contribution in [2.24, 2.45) is 0 Å². The first-order chi connectivity index (χ1) is 11.3. The van der Waals surface area contributed by atoms with Crippen LogP contribution in [0.1, 0.15) is 23.5 Å². The maximum atomic E-state index is 12.2. The van der Waals surface area contributed by atoms with E-state index in [-0.39, 0.29) is 22.8 Å². The van der Waals surface area contributed by atoms with Crippen LogP contribution in [0.4, 0.5) is 11.4 Å². The second-order valence-electron chi connectivity index (χ2n) is 4.79. The lowest BCUT2D eigenvalue weighted by Gasteiger charge is -2.07. The second kappa shape index (κ2) is 6.77. The Hall–Kier alpha value is -3.43. The molecule has 0 aliphatic heterocycles. The van der Waals surface area contributed by atoms with Crippen molar-refractivity contribution in [3.63, 3.8) is 0 Å². The van der Waals surface area contributed by atoms with Gasteiger partial charge in [0, 0.05) is 6.20 Å². The molecule has 1 amide bonds. The number of benzene rings is 1. The van der Waals surface area contributed by atoms with Gasteiger partial charge in [0.25, 0.3) is 11.6 Å². The van der Waals surface area contributed by atoms with Gasteiger partial charge in [0.05, 0.1) is 18.1 Å². The van der Waals surface area contributed by atoms with Crippen molar-refractivity contribution in [3.05, 3.63) is 46.3 Å². The van der Waals surface area contributed by atoms with Crippen molar-refractivity contribution in [1.29, 1.82) is 0 Å². The van der Waals surface area contributed by atoms with Crippen LogP contribution in [0.15, 0.2) is 30.5 Å². The maximum absolute atomic E-state index is 12.2. The van der Waals surface area contributed by atoms with Gasteiger partial charge in [-0.3, -0.25) is 19.6 Å². The Morgan fingerprint density at radius 2 is 2.12 bits per heavy atom. The third kappa shape index (κ3) is 3.48. The third-order valence-corrected chi connectivity index (χ3v) is 3.24. The van der Waals surface area contributed by atoms with Gasteiger partial charge in [-0.2, -0.15) is 5.10 Å². The van der Waals surface area contributed by atoms with Crippen LogP contribution in [-0.2, 0) is 4.79 Å². The fourth-order valence-corrected chi connectivity index (χ4v) is 1.87. The van der Waals surface area contributed by atoms with E-state index in [1.807, 2.05) is 0 Å². The van der Waals surface area contributed by atoms with Gasteiger partial charge in [0.1, 0.15) is 17.5 Å². The van der Waals surface area contributed by atoms with Crippen LogP contribution >= 0.6 is 0 Å². The number of nitrogens with one attached hydrogen (secondary N) is 1. The molecule has 0 bridgehead atoms. The van der Waals surface area contributed by atoms with E-state index in [2.05, 4.69) is 10.4 Å². The predicted octanol–water partition coefficient (Wildman–Crippen LogP) is 1.70. The van der Waals surface area contributed by atoms with Crippen LogP contribution < -0.4 is 10.1 Å². The van der Waals surface area contributed by atoms with Crippen LogP contribution in [0.5, 0.6) is 5.75 Å². The number of nitro groups is 1. The van der Waals surface area contributed by atoms with Crippen molar-refractivity contribution in [3.8, 4) is 5.75 Å². The molecule has 2 rings (SSSR count). The number of carbonyl (C=O) groups is 2. The summed E-state index contributed by atoms with van der Waals surface area (Å²) in [6.45, 7) is 1.41. The van der Waals surface area contributed by atoms with Crippen LogP contribution in [0.3, 0.4) is 0 Å². The Labute approximate surface area is 135 Å². The number of anilines is 1. The summed E-state index contributed by atoms with van der Waals surface area (Å²) in [5, 5.41) is 26.3. The number of aliphatic carboxylic acids is 1. The van der Waals surface area contributed by atoms with Crippen molar-refractivity contribution >= 4 is 23.3 Å². The molecular formula is C14H14N4O6. The highest BCUT2D eigenvalue weighted by atomic mass is 16.6. The average molecular weight is 334 g/mol. The van der Waals surface area contributed by atoms with Gasteiger partial charge in [-0.05, 0) is 25.1 Å². The van der Waals surface area contributed by atoms with Gasteiger partial charge in [0.15, 0.2) is 5.69 Å². The molecule has 0 aliphatic carbocycles. The highest BCUT2D eigenvalue weighted by Gasteiger charge is 2.20. The van der Waals surface area contributed by atoms with E-state index in [1.165, 1.54) is 44.5 Å². The highest BCUT2D eigenvalue weighted by molar-refractivity contribution is 6.04. The van der Waals surface area contributed by atoms with E-state index in [9.17, 15) is 19.7 Å². The first-order valence-electron chi connectivity index (χ1n) is 6.75. The molecule has 0 spiro atoms. The van der Waals surface area contributed by atoms with E-state index < -0.39 is 22.8 Å². The van der Waals surface area contributed by atoms with Crippen LogP contribution in [0.2, 0.25) is 0 Å². The monoisotopic (exact) mass is 334 g/mol. The largest absolute Gasteiger partial charge is 0.496 e. The van der Waals surface area contributed by atoms with Crippen molar-refractivity contribution in [2.75, 3.05) is 12.4 Å². The lowest BCUT2D eigenvalue weighted by Crippen LogP contribution is -2.18. The first-order valence-corrected chi connectivity index (χ1v) is 6.75. The number of nitrogens with zero attached hydrogens (tertiary/aromatic N) is 3. The molecule has 24 heavy (non-hydrogen) atoms. The molecule has 1 aromatic carbocycles. The summed E-state index contributed by atoms with van der Waals surface area (Å²) < 4.78 is 6.02. The number of hydrogen-bond donors (Lipinski definition) is 2. The molecule has 126 valence electrons. The lowest BCUT2D eigenvalue weighted by atomic mass is 10.2. The number of carboxylic acids is 1. The summed E-state index contributed by atoms with van der Waals surface area (Å²) in [5.74, 6) is -1.52. The summed E-state index contributed by atoms with van der Waals surface area (Å²) >= 11 is 0. The summed E-state index contributed by atoms with van der Waals surface area (Å²) in [6.07, 6.45) is 1.34. The standard InChI is InChI=1S/C14H14N4O6/c1-8(14(20)21)17-6-5-11(16-17)13(19)15-10-4-3-9(24-2)7-12(10)18(22)23/h3-8H,1-2H3,(H,15,19)(H,20,21). The van der Waals surface area contributed by atoms with E-state index in [1.54, 1.807) is 0 Å². The summed E-state index contributed by atoms with van der Waals surface area (Å²) in [6, 6.07) is 4.37. The molecule has 2 N–H and O–H groups in total. The van der Waals surface area contributed by atoms with Crippen LogP contribution in [-0.4, -0.2) is 38.8 Å². The highest BCUT2D eigenvalue weighted by Crippen LogP contribution is 2.29. The SMILES string of the molecule is COc1ccc(NC(=O)c2ccn(C(C)C(=O)O)n2)c([N+](=O)[O-])c1. The van der Waals surface area contributed by atoms with Gasteiger partial charge >= 0.3 is 5.97 Å². The Bertz CT molecular complexity index is 800. The first kappa shape index (κ1) is 16.9. The molecular weight excluding hydrogens is 320 g/mol. The van der Waals surface area contributed by atoms with Crippen molar-refractivity contribution in [2.45, 2.75) is 13.0 Å². The predicted molar refractivity (Wildman–Crippen MR) is 82.2 cm³/mol. The van der Waals surface area contributed by atoms with E-state index >= 15 is 0 Å². The summed E-state index contributed by atoms with van der Waals surface area (Å²) in [7, 11) is 1.37. The molecule has 0 fully saturated rings. The second-order valence-corrected chi connectivity index (χ2v) is 4.79. The van der Waals surface area contributed by atoms with Gasteiger partial charge in [-0.15, -0.1) is 0 Å². The zero-order valence-electron chi connectivity index (χ0n) is 12.8. The van der Waals surface area contributed by atoms with E-state index in [0.29, 0.717) is 0 Å². The molecule has 0 saturated carbocycles. The molecule has 2 aromatic rings. The molecule has 1 aromatic heterocycles. The van der Waals surface area contributed by atoms with Crippen LogP contribution in [0, 0.1) is 10.1 Å². The number of ether oxygens (including phenoxy) is 1. The molecule has 1 heterocycles. The van der Waals surface area contributed by atoms with Crippen LogP contribution in [0.25, 0.3) is 0 Å². The number of carboxylic acid groups (broad SMARTS) is 1. The number of amides is 1. The third-order valence-electron chi connectivity index (χ3n) is 3.24. The minimum Gasteiger partial charge on any atom is -0.496 e. The average Bonchev–Trinajstić information content (AvgIpc) is 3.04. The molecule has 0 radical (unpaired) electrons. The molecule has 1 unspecified atom stereocenters. The van der Waals surface area contributed by atoms with Gasteiger partial charge in [0.2, 0.25) is 0 Å². The molecule has 0 aliphatic rings. The molecule has 10 nitrogen and oxygen atoms in total.